The number of rotatable bonds is 2. The first-order valence-electron chi connectivity index (χ1n) is 10.1. The number of carbonyl (C=O) groups excluding carboxylic acids is 1. The number of fused-ring (bicyclic) bond motifs is 1. The zero-order chi connectivity index (χ0) is 20.6. The molecule has 1 heterocycles. The average molecular weight is 387 g/mol. The van der Waals surface area contributed by atoms with Crippen LogP contribution in [-0.4, -0.2) is 17.4 Å². The van der Waals surface area contributed by atoms with E-state index in [1.54, 1.807) is 12.1 Å². The van der Waals surface area contributed by atoms with Crippen molar-refractivity contribution in [2.24, 2.45) is 0 Å². The average Bonchev–Trinajstić information content (AvgIpc) is 2.72. The second-order valence-electron chi connectivity index (χ2n) is 8.73. The Kier molecular flexibility index (Phi) is 4.99. The lowest BCUT2D eigenvalue weighted by Gasteiger charge is -2.38. The molecule has 0 saturated carbocycles. The lowest BCUT2D eigenvalue weighted by molar-refractivity contribution is 0.0694. The summed E-state index contributed by atoms with van der Waals surface area (Å²) >= 11 is 0. The highest BCUT2D eigenvalue weighted by Gasteiger charge is 2.32. The molecule has 29 heavy (non-hydrogen) atoms. The molecule has 0 N–H and O–H groups in total. The summed E-state index contributed by atoms with van der Waals surface area (Å²) in [5.41, 5.74) is 5.22. The molecule has 0 saturated heterocycles. The number of benzene rings is 3. The number of hydrogen-bond donors (Lipinski definition) is 0. The van der Waals surface area contributed by atoms with Gasteiger partial charge in [-0.1, -0.05) is 69.3 Å². The van der Waals surface area contributed by atoms with Crippen molar-refractivity contribution in [1.82, 2.24) is 4.90 Å². The van der Waals surface area contributed by atoms with Crippen molar-refractivity contribution in [2.75, 3.05) is 6.54 Å². The third kappa shape index (κ3) is 3.82. The number of hydrogen-bond acceptors (Lipinski definition) is 1. The molecule has 1 aliphatic heterocycles. The molecule has 0 fully saturated rings. The Morgan fingerprint density at radius 1 is 0.931 bits per heavy atom. The van der Waals surface area contributed by atoms with Gasteiger partial charge in [0.1, 0.15) is 5.82 Å². The van der Waals surface area contributed by atoms with Crippen LogP contribution in [0.4, 0.5) is 4.39 Å². The molecule has 0 spiro atoms. The quantitative estimate of drug-likeness (QED) is 0.535. The number of nitrogens with zero attached hydrogens (tertiary/aromatic N) is 1. The van der Waals surface area contributed by atoms with Gasteiger partial charge in [-0.15, -0.1) is 0 Å². The highest BCUT2D eigenvalue weighted by atomic mass is 19.1. The predicted octanol–water partition coefficient (Wildman–Crippen LogP) is 5.91. The number of halogens is 1. The van der Waals surface area contributed by atoms with Crippen LogP contribution in [0.5, 0.6) is 0 Å². The summed E-state index contributed by atoms with van der Waals surface area (Å²) < 4.78 is 13.5. The molecular formula is C26H26FNO. The van der Waals surface area contributed by atoms with Crippen molar-refractivity contribution >= 4 is 5.91 Å². The summed E-state index contributed by atoms with van der Waals surface area (Å²) in [6.45, 7) is 7.13. The van der Waals surface area contributed by atoms with E-state index in [-0.39, 0.29) is 23.2 Å². The first-order valence-corrected chi connectivity index (χ1v) is 10.1. The van der Waals surface area contributed by atoms with Gasteiger partial charge < -0.3 is 4.90 Å². The zero-order valence-corrected chi connectivity index (χ0v) is 17.2. The Labute approximate surface area is 172 Å². The molecule has 0 bridgehead atoms. The van der Waals surface area contributed by atoms with Crippen LogP contribution < -0.4 is 0 Å². The van der Waals surface area contributed by atoms with Crippen molar-refractivity contribution in [3.8, 4) is 0 Å². The highest BCUT2D eigenvalue weighted by molar-refractivity contribution is 5.95. The van der Waals surface area contributed by atoms with E-state index in [1.807, 2.05) is 41.3 Å². The predicted molar refractivity (Wildman–Crippen MR) is 115 cm³/mol. The Hall–Kier alpha value is -2.94. The lowest BCUT2D eigenvalue weighted by atomic mass is 9.86. The molecule has 3 aromatic rings. The normalized spacial score (nSPS) is 16.4. The minimum absolute atomic E-state index is 0.00860. The molecule has 1 amide bonds. The van der Waals surface area contributed by atoms with Gasteiger partial charge in [0.25, 0.3) is 5.91 Å². The molecule has 0 radical (unpaired) electrons. The second kappa shape index (κ2) is 7.47. The standard InChI is InChI=1S/C26H26FNO/c1-26(2,3)21-12-8-20(9-13-21)25(29)28-17-16-18-6-4-5-7-23(18)24(28)19-10-14-22(27)15-11-19/h4-15,24H,16-17H2,1-3H3. The van der Waals surface area contributed by atoms with Crippen molar-refractivity contribution < 1.29 is 9.18 Å². The summed E-state index contributed by atoms with van der Waals surface area (Å²) in [7, 11) is 0. The molecule has 3 aromatic carbocycles. The first-order chi connectivity index (χ1) is 13.8. The molecule has 0 aromatic heterocycles. The van der Waals surface area contributed by atoms with Gasteiger partial charge >= 0.3 is 0 Å². The fourth-order valence-corrected chi connectivity index (χ4v) is 4.07. The van der Waals surface area contributed by atoms with Gasteiger partial charge in [-0.05, 0) is 58.4 Å². The number of amides is 1. The smallest absolute Gasteiger partial charge is 0.254 e. The Bertz CT molecular complexity index is 1020. The maximum atomic E-state index is 13.5. The van der Waals surface area contributed by atoms with Crippen LogP contribution in [0.2, 0.25) is 0 Å². The van der Waals surface area contributed by atoms with E-state index in [1.165, 1.54) is 23.3 Å². The van der Waals surface area contributed by atoms with E-state index in [0.717, 1.165) is 17.5 Å². The van der Waals surface area contributed by atoms with Gasteiger partial charge in [-0.2, -0.15) is 0 Å². The van der Waals surface area contributed by atoms with Gasteiger partial charge in [0.15, 0.2) is 0 Å². The summed E-state index contributed by atoms with van der Waals surface area (Å²) in [6.07, 6.45) is 0.819. The van der Waals surface area contributed by atoms with E-state index >= 15 is 0 Å². The lowest BCUT2D eigenvalue weighted by Crippen LogP contribution is -2.40. The van der Waals surface area contributed by atoms with E-state index < -0.39 is 0 Å². The molecule has 4 rings (SSSR count). The topological polar surface area (TPSA) is 20.3 Å². The van der Waals surface area contributed by atoms with Crippen LogP contribution in [0.15, 0.2) is 72.8 Å². The van der Waals surface area contributed by atoms with E-state index in [9.17, 15) is 9.18 Å². The van der Waals surface area contributed by atoms with Crippen LogP contribution in [0.25, 0.3) is 0 Å². The molecular weight excluding hydrogens is 361 g/mol. The molecule has 1 unspecified atom stereocenters. The fraction of sp³-hybridized carbons (Fsp3) is 0.269. The monoisotopic (exact) mass is 387 g/mol. The molecule has 0 aliphatic carbocycles. The van der Waals surface area contributed by atoms with Gasteiger partial charge in [-0.25, -0.2) is 4.39 Å². The van der Waals surface area contributed by atoms with E-state index in [0.29, 0.717) is 12.1 Å². The summed E-state index contributed by atoms with van der Waals surface area (Å²) in [5, 5.41) is 0. The van der Waals surface area contributed by atoms with Crippen molar-refractivity contribution in [3.63, 3.8) is 0 Å². The summed E-state index contributed by atoms with van der Waals surface area (Å²) in [5.74, 6) is -0.261. The van der Waals surface area contributed by atoms with Crippen LogP contribution in [0, 0.1) is 5.82 Å². The molecule has 2 nitrogen and oxygen atoms in total. The van der Waals surface area contributed by atoms with Gasteiger partial charge in [0.05, 0.1) is 6.04 Å². The van der Waals surface area contributed by atoms with Crippen LogP contribution in [0.1, 0.15) is 59.4 Å². The molecule has 1 atom stereocenters. The summed E-state index contributed by atoms with van der Waals surface area (Å²) in [6, 6.07) is 22.4. The fourth-order valence-electron chi connectivity index (χ4n) is 4.07. The van der Waals surface area contributed by atoms with E-state index in [4.69, 9.17) is 0 Å². The largest absolute Gasteiger partial charge is 0.327 e. The third-order valence-electron chi connectivity index (χ3n) is 5.73. The highest BCUT2D eigenvalue weighted by Crippen LogP contribution is 2.36. The Balaban J connectivity index is 1.73. The van der Waals surface area contributed by atoms with Crippen LogP contribution >= 0.6 is 0 Å². The van der Waals surface area contributed by atoms with Gasteiger partial charge in [0.2, 0.25) is 0 Å². The maximum absolute atomic E-state index is 13.5. The van der Waals surface area contributed by atoms with E-state index in [2.05, 4.69) is 32.9 Å². The minimum Gasteiger partial charge on any atom is -0.327 e. The zero-order valence-electron chi connectivity index (χ0n) is 17.2. The molecule has 1 aliphatic rings. The number of carbonyl (C=O) groups is 1. The SMILES string of the molecule is CC(C)(C)c1ccc(C(=O)N2CCc3ccccc3C2c2ccc(F)cc2)cc1. The van der Waals surface area contributed by atoms with Gasteiger partial charge in [-0.3, -0.25) is 4.79 Å². The third-order valence-corrected chi connectivity index (χ3v) is 5.73. The molecule has 3 heteroatoms. The minimum atomic E-state index is -0.270. The van der Waals surface area contributed by atoms with Crippen LogP contribution in [0.3, 0.4) is 0 Å². The summed E-state index contributed by atoms with van der Waals surface area (Å²) in [4.78, 5) is 15.4. The van der Waals surface area contributed by atoms with Crippen molar-refractivity contribution in [1.29, 1.82) is 0 Å². The maximum Gasteiger partial charge on any atom is 0.254 e. The molecule has 148 valence electrons. The van der Waals surface area contributed by atoms with Crippen molar-refractivity contribution in [2.45, 2.75) is 38.6 Å². The first kappa shape index (κ1) is 19.4. The second-order valence-corrected chi connectivity index (χ2v) is 8.73. The Morgan fingerprint density at radius 2 is 1.59 bits per heavy atom. The Morgan fingerprint density at radius 3 is 2.24 bits per heavy atom. The van der Waals surface area contributed by atoms with Crippen LogP contribution in [-0.2, 0) is 11.8 Å². The van der Waals surface area contributed by atoms with Crippen molar-refractivity contribution in [3.05, 3.63) is 106 Å². The van der Waals surface area contributed by atoms with Gasteiger partial charge in [0, 0.05) is 12.1 Å².